The van der Waals surface area contributed by atoms with Crippen molar-refractivity contribution in [2.75, 3.05) is 39.4 Å². The Bertz CT molecular complexity index is 766. The van der Waals surface area contributed by atoms with Gasteiger partial charge in [-0.2, -0.15) is 0 Å². The number of rotatable bonds is 3. The van der Waals surface area contributed by atoms with Crippen LogP contribution in [-0.2, 0) is 4.74 Å². The zero-order valence-electron chi connectivity index (χ0n) is 14.9. The molecule has 2 aliphatic heterocycles. The molecular formula is C19H25N3O3. The minimum Gasteiger partial charge on any atom is -0.449 e. The summed E-state index contributed by atoms with van der Waals surface area (Å²) in [7, 11) is 0. The first-order valence-electron chi connectivity index (χ1n) is 9.14. The number of morpholine rings is 1. The van der Waals surface area contributed by atoms with Gasteiger partial charge in [0.15, 0.2) is 11.3 Å². The molecule has 1 amide bonds. The van der Waals surface area contributed by atoms with Crippen LogP contribution in [0.15, 0.2) is 22.6 Å². The Balaban J connectivity index is 1.53. The van der Waals surface area contributed by atoms with Crippen molar-refractivity contribution in [2.24, 2.45) is 5.92 Å². The van der Waals surface area contributed by atoms with E-state index >= 15 is 0 Å². The Morgan fingerprint density at radius 2 is 2.08 bits per heavy atom. The lowest BCUT2D eigenvalue weighted by Crippen LogP contribution is -2.47. The third kappa shape index (κ3) is 3.16. The molecule has 0 bridgehead atoms. The van der Waals surface area contributed by atoms with Crippen molar-refractivity contribution in [3.05, 3.63) is 29.7 Å². The van der Waals surface area contributed by atoms with Crippen molar-refractivity contribution in [3.8, 4) is 0 Å². The number of nitrogens with zero attached hydrogens (tertiary/aromatic N) is 3. The van der Waals surface area contributed by atoms with E-state index in [2.05, 4.69) is 16.8 Å². The third-order valence-electron chi connectivity index (χ3n) is 5.46. The van der Waals surface area contributed by atoms with Crippen LogP contribution in [0.5, 0.6) is 0 Å². The Labute approximate surface area is 147 Å². The standard InChI is InChI=1S/C19H25N3O3/c1-3-14-11-22(12-16(14)21-6-8-24-9-7-21)19(23)18-10-15-17(25-18)5-4-13(2)20-15/h4-5,10,14,16H,3,6-9,11-12H2,1-2H3. The van der Waals surface area contributed by atoms with E-state index in [4.69, 9.17) is 9.15 Å². The predicted octanol–water partition coefficient (Wildman–Crippen LogP) is 2.32. The second-order valence-electron chi connectivity index (χ2n) is 7.04. The average Bonchev–Trinajstić information content (AvgIpc) is 3.25. The van der Waals surface area contributed by atoms with E-state index in [0.29, 0.717) is 23.3 Å². The summed E-state index contributed by atoms with van der Waals surface area (Å²) >= 11 is 0. The van der Waals surface area contributed by atoms with Gasteiger partial charge in [0.2, 0.25) is 0 Å². The Hall–Kier alpha value is -1.92. The second-order valence-corrected chi connectivity index (χ2v) is 7.04. The summed E-state index contributed by atoms with van der Waals surface area (Å²) in [6, 6.07) is 5.97. The fourth-order valence-corrected chi connectivity index (χ4v) is 4.03. The smallest absolute Gasteiger partial charge is 0.289 e. The number of pyridine rings is 1. The Morgan fingerprint density at radius 3 is 2.84 bits per heavy atom. The van der Waals surface area contributed by atoms with Crippen LogP contribution in [0.4, 0.5) is 0 Å². The molecule has 4 heterocycles. The van der Waals surface area contributed by atoms with Crippen LogP contribution in [-0.4, -0.2) is 66.1 Å². The van der Waals surface area contributed by atoms with Gasteiger partial charge >= 0.3 is 0 Å². The number of carbonyl (C=O) groups excluding carboxylic acids is 1. The quantitative estimate of drug-likeness (QED) is 0.856. The number of aryl methyl sites for hydroxylation is 1. The molecule has 2 aromatic rings. The van der Waals surface area contributed by atoms with Crippen molar-refractivity contribution in [2.45, 2.75) is 26.3 Å². The van der Waals surface area contributed by atoms with Crippen LogP contribution in [0.3, 0.4) is 0 Å². The molecule has 2 aliphatic rings. The van der Waals surface area contributed by atoms with Gasteiger partial charge in [-0.3, -0.25) is 9.69 Å². The number of ether oxygens (including phenoxy) is 1. The number of hydrogen-bond donors (Lipinski definition) is 0. The minimum atomic E-state index is -0.0233. The van der Waals surface area contributed by atoms with E-state index in [1.807, 2.05) is 24.0 Å². The highest BCUT2D eigenvalue weighted by molar-refractivity contribution is 5.95. The highest BCUT2D eigenvalue weighted by atomic mass is 16.5. The van der Waals surface area contributed by atoms with Gasteiger partial charge in [-0.25, -0.2) is 4.98 Å². The summed E-state index contributed by atoms with van der Waals surface area (Å²) in [6.07, 6.45) is 1.08. The molecular weight excluding hydrogens is 318 g/mol. The molecule has 2 unspecified atom stereocenters. The lowest BCUT2D eigenvalue weighted by molar-refractivity contribution is 0.0102. The molecule has 134 valence electrons. The first-order chi connectivity index (χ1) is 12.2. The van der Waals surface area contributed by atoms with Crippen molar-refractivity contribution in [1.29, 1.82) is 0 Å². The van der Waals surface area contributed by atoms with Crippen molar-refractivity contribution in [1.82, 2.24) is 14.8 Å². The maximum atomic E-state index is 13.0. The van der Waals surface area contributed by atoms with E-state index in [9.17, 15) is 4.79 Å². The molecule has 6 nitrogen and oxygen atoms in total. The van der Waals surface area contributed by atoms with Crippen LogP contribution < -0.4 is 0 Å². The first kappa shape index (κ1) is 16.5. The SMILES string of the molecule is CCC1CN(C(=O)c2cc3nc(C)ccc3o2)CC1N1CCOCC1. The highest BCUT2D eigenvalue weighted by Crippen LogP contribution is 2.28. The molecule has 0 spiro atoms. The molecule has 0 aliphatic carbocycles. The third-order valence-corrected chi connectivity index (χ3v) is 5.46. The molecule has 0 aromatic carbocycles. The summed E-state index contributed by atoms with van der Waals surface area (Å²) in [4.78, 5) is 21.8. The number of likely N-dealkylation sites (tertiary alicyclic amines) is 1. The lowest BCUT2D eigenvalue weighted by atomic mass is 9.99. The molecule has 25 heavy (non-hydrogen) atoms. The summed E-state index contributed by atoms with van der Waals surface area (Å²) < 4.78 is 11.2. The average molecular weight is 343 g/mol. The molecule has 2 aromatic heterocycles. The lowest BCUT2D eigenvalue weighted by Gasteiger charge is -2.34. The Kier molecular flexibility index (Phi) is 4.48. The van der Waals surface area contributed by atoms with Crippen LogP contribution in [0.25, 0.3) is 11.1 Å². The normalized spacial score (nSPS) is 25.0. The van der Waals surface area contributed by atoms with Gasteiger partial charge in [0.25, 0.3) is 5.91 Å². The van der Waals surface area contributed by atoms with Gasteiger partial charge in [0.1, 0.15) is 5.52 Å². The van der Waals surface area contributed by atoms with Gasteiger partial charge in [-0.1, -0.05) is 13.3 Å². The van der Waals surface area contributed by atoms with Crippen molar-refractivity contribution in [3.63, 3.8) is 0 Å². The van der Waals surface area contributed by atoms with E-state index in [-0.39, 0.29) is 5.91 Å². The number of carbonyl (C=O) groups is 1. The largest absolute Gasteiger partial charge is 0.449 e. The highest BCUT2D eigenvalue weighted by Gasteiger charge is 2.39. The van der Waals surface area contributed by atoms with Crippen molar-refractivity contribution >= 4 is 17.0 Å². The van der Waals surface area contributed by atoms with Crippen molar-refractivity contribution < 1.29 is 13.9 Å². The zero-order chi connectivity index (χ0) is 17.4. The molecule has 4 rings (SSSR count). The maximum absolute atomic E-state index is 13.0. The van der Waals surface area contributed by atoms with E-state index < -0.39 is 0 Å². The number of fused-ring (bicyclic) bond motifs is 1. The van der Waals surface area contributed by atoms with Crippen LogP contribution in [0.1, 0.15) is 29.6 Å². The molecule has 0 saturated carbocycles. The van der Waals surface area contributed by atoms with Gasteiger partial charge in [-0.15, -0.1) is 0 Å². The maximum Gasteiger partial charge on any atom is 0.289 e. The summed E-state index contributed by atoms with van der Waals surface area (Å²) in [5, 5.41) is 0. The van der Waals surface area contributed by atoms with E-state index in [1.165, 1.54) is 0 Å². The second kappa shape index (κ2) is 6.77. The topological polar surface area (TPSA) is 58.8 Å². The number of aromatic nitrogens is 1. The molecule has 0 radical (unpaired) electrons. The minimum absolute atomic E-state index is 0.0233. The van der Waals surface area contributed by atoms with Gasteiger partial charge < -0.3 is 14.1 Å². The molecule has 0 N–H and O–H groups in total. The van der Waals surface area contributed by atoms with Crippen LogP contribution in [0, 0.1) is 12.8 Å². The summed E-state index contributed by atoms with van der Waals surface area (Å²) in [5.74, 6) is 0.877. The zero-order valence-corrected chi connectivity index (χ0v) is 14.9. The van der Waals surface area contributed by atoms with Crippen LogP contribution in [0.2, 0.25) is 0 Å². The van der Waals surface area contributed by atoms with E-state index in [1.54, 1.807) is 6.07 Å². The number of furan rings is 1. The molecule has 2 fully saturated rings. The summed E-state index contributed by atoms with van der Waals surface area (Å²) in [5.41, 5.74) is 2.34. The molecule has 2 saturated heterocycles. The number of amides is 1. The fourth-order valence-electron chi connectivity index (χ4n) is 4.03. The van der Waals surface area contributed by atoms with Gasteiger partial charge in [0.05, 0.1) is 13.2 Å². The van der Waals surface area contributed by atoms with E-state index in [0.717, 1.165) is 57.0 Å². The number of hydrogen-bond acceptors (Lipinski definition) is 5. The monoisotopic (exact) mass is 343 g/mol. The van der Waals surface area contributed by atoms with Crippen LogP contribution >= 0.6 is 0 Å². The first-order valence-corrected chi connectivity index (χ1v) is 9.14. The molecule has 2 atom stereocenters. The summed E-state index contributed by atoms with van der Waals surface area (Å²) in [6.45, 7) is 9.19. The Morgan fingerprint density at radius 1 is 1.28 bits per heavy atom. The fraction of sp³-hybridized carbons (Fsp3) is 0.579. The van der Waals surface area contributed by atoms with Gasteiger partial charge in [0, 0.05) is 44.0 Å². The molecule has 6 heteroatoms. The van der Waals surface area contributed by atoms with Gasteiger partial charge in [-0.05, 0) is 25.0 Å². The predicted molar refractivity (Wildman–Crippen MR) is 94.6 cm³/mol.